The number of carbonyl (C=O) groups excluding carboxylic acids is 1. The highest BCUT2D eigenvalue weighted by atomic mass is 16.6. The molecule has 1 aromatic rings. The molecule has 0 radical (unpaired) electrons. The average Bonchev–Trinajstić information content (AvgIpc) is 2.37. The summed E-state index contributed by atoms with van der Waals surface area (Å²) in [5.41, 5.74) is 1.28. The van der Waals surface area contributed by atoms with E-state index in [0.29, 0.717) is 11.3 Å². The van der Waals surface area contributed by atoms with E-state index in [0.717, 1.165) is 6.21 Å². The smallest absolute Gasteiger partial charge is 0.271 e. The van der Waals surface area contributed by atoms with Crippen LogP contribution in [0.15, 0.2) is 30.0 Å². The Labute approximate surface area is 110 Å². The predicted molar refractivity (Wildman–Crippen MR) is 72.4 cm³/mol. The number of anilines is 1. The number of carbonyl (C=O) groups is 1. The lowest BCUT2D eigenvalue weighted by molar-refractivity contribution is -0.384. The van der Waals surface area contributed by atoms with Crippen LogP contribution in [-0.4, -0.2) is 24.1 Å². The number of nitro groups is 1. The number of nitro benzene ring substituents is 1. The van der Waals surface area contributed by atoms with Crippen LogP contribution < -0.4 is 10.6 Å². The van der Waals surface area contributed by atoms with Gasteiger partial charge >= 0.3 is 0 Å². The number of non-ortho nitro benzene ring substituents is 1. The Bertz CT molecular complexity index is 552. The number of hydrogen-bond donors (Lipinski definition) is 3. The maximum absolute atomic E-state index is 11.8. The molecule has 7 heteroatoms. The van der Waals surface area contributed by atoms with Crippen LogP contribution in [0.2, 0.25) is 0 Å². The number of nitrogens with zero attached hydrogens (tertiary/aromatic N) is 1. The first-order valence-corrected chi connectivity index (χ1v) is 5.44. The molecule has 0 aliphatic carbocycles. The van der Waals surface area contributed by atoms with Gasteiger partial charge in [0.25, 0.3) is 11.6 Å². The highest BCUT2D eigenvalue weighted by Crippen LogP contribution is 2.21. The molecule has 0 heterocycles. The molecule has 100 valence electrons. The van der Waals surface area contributed by atoms with E-state index in [1.807, 2.05) is 0 Å². The Kier molecular flexibility index (Phi) is 4.76. The van der Waals surface area contributed by atoms with E-state index in [1.54, 1.807) is 14.0 Å². The third-order valence-corrected chi connectivity index (χ3v) is 2.43. The molecule has 1 amide bonds. The van der Waals surface area contributed by atoms with Crippen molar-refractivity contribution in [3.63, 3.8) is 0 Å². The van der Waals surface area contributed by atoms with Crippen molar-refractivity contribution in [1.82, 2.24) is 5.32 Å². The molecule has 0 spiro atoms. The first-order valence-electron chi connectivity index (χ1n) is 5.44. The fourth-order valence-corrected chi connectivity index (χ4v) is 1.45. The van der Waals surface area contributed by atoms with E-state index in [9.17, 15) is 14.9 Å². The maximum atomic E-state index is 11.8. The summed E-state index contributed by atoms with van der Waals surface area (Å²) in [4.78, 5) is 21.9. The van der Waals surface area contributed by atoms with Gasteiger partial charge in [-0.3, -0.25) is 14.9 Å². The standard InChI is InChI=1S/C12H14N4O3/c1-8-7-9(16(18)19)3-4-10(8)15-12(17)11(14-2)5-6-13/h3-7,13-14H,1-2H3,(H,15,17)/b11-5-,13-6?. The Morgan fingerprint density at radius 1 is 1.47 bits per heavy atom. The second-order valence-corrected chi connectivity index (χ2v) is 3.71. The van der Waals surface area contributed by atoms with Gasteiger partial charge in [-0.25, -0.2) is 0 Å². The molecule has 0 bridgehead atoms. The third kappa shape index (κ3) is 3.63. The van der Waals surface area contributed by atoms with Gasteiger partial charge in [-0.1, -0.05) is 0 Å². The van der Waals surface area contributed by atoms with Gasteiger partial charge in [0.2, 0.25) is 0 Å². The lowest BCUT2D eigenvalue weighted by Gasteiger charge is -2.10. The van der Waals surface area contributed by atoms with E-state index in [2.05, 4.69) is 10.6 Å². The first-order chi connectivity index (χ1) is 8.99. The van der Waals surface area contributed by atoms with Gasteiger partial charge in [-0.05, 0) is 24.6 Å². The average molecular weight is 262 g/mol. The summed E-state index contributed by atoms with van der Waals surface area (Å²) < 4.78 is 0. The molecule has 0 aliphatic rings. The normalized spacial score (nSPS) is 10.7. The van der Waals surface area contributed by atoms with Crippen molar-refractivity contribution in [3.8, 4) is 0 Å². The van der Waals surface area contributed by atoms with Crippen LogP contribution in [-0.2, 0) is 4.79 Å². The molecule has 0 aliphatic heterocycles. The van der Waals surface area contributed by atoms with Crippen molar-refractivity contribution >= 4 is 23.5 Å². The minimum atomic E-state index is -0.493. The number of allylic oxidation sites excluding steroid dienone is 1. The van der Waals surface area contributed by atoms with Crippen molar-refractivity contribution in [2.24, 2.45) is 0 Å². The van der Waals surface area contributed by atoms with Gasteiger partial charge in [-0.2, -0.15) is 0 Å². The molecular formula is C12H14N4O3. The molecule has 0 aromatic heterocycles. The summed E-state index contributed by atoms with van der Waals surface area (Å²) in [6.45, 7) is 1.67. The molecule has 0 saturated carbocycles. The van der Waals surface area contributed by atoms with Crippen molar-refractivity contribution in [1.29, 1.82) is 5.41 Å². The number of amides is 1. The minimum Gasteiger partial charge on any atom is -0.384 e. The summed E-state index contributed by atoms with van der Waals surface area (Å²) in [5, 5.41) is 22.8. The van der Waals surface area contributed by atoms with E-state index in [4.69, 9.17) is 5.41 Å². The second kappa shape index (κ2) is 6.29. The summed E-state index contributed by atoms with van der Waals surface area (Å²) >= 11 is 0. The zero-order valence-corrected chi connectivity index (χ0v) is 10.6. The molecule has 0 unspecified atom stereocenters. The van der Waals surface area contributed by atoms with Crippen molar-refractivity contribution in [2.45, 2.75) is 6.92 Å². The molecule has 7 nitrogen and oxygen atoms in total. The number of likely N-dealkylation sites (N-methyl/N-ethyl adjacent to an activating group) is 1. The summed E-state index contributed by atoms with van der Waals surface area (Å²) in [6, 6.07) is 4.18. The van der Waals surface area contributed by atoms with Crippen LogP contribution in [0.5, 0.6) is 0 Å². The minimum absolute atomic E-state index is 0.0284. The first kappa shape index (κ1) is 14.4. The SMILES string of the molecule is CN/C(=C\C=N)C(=O)Nc1ccc([N+](=O)[O-])cc1C. The summed E-state index contributed by atoms with van der Waals surface area (Å²) in [5.74, 6) is -0.414. The monoisotopic (exact) mass is 262 g/mol. The fourth-order valence-electron chi connectivity index (χ4n) is 1.45. The van der Waals surface area contributed by atoms with Crippen LogP contribution in [0.4, 0.5) is 11.4 Å². The summed E-state index contributed by atoms with van der Waals surface area (Å²) in [6.07, 6.45) is 2.31. The van der Waals surface area contributed by atoms with Crippen LogP contribution in [0, 0.1) is 22.4 Å². The van der Waals surface area contributed by atoms with Gasteiger partial charge in [0.15, 0.2) is 0 Å². The van der Waals surface area contributed by atoms with Gasteiger partial charge in [0.05, 0.1) is 4.92 Å². The van der Waals surface area contributed by atoms with Crippen molar-refractivity contribution < 1.29 is 9.72 Å². The van der Waals surface area contributed by atoms with E-state index >= 15 is 0 Å². The lowest BCUT2D eigenvalue weighted by Crippen LogP contribution is -2.23. The zero-order valence-electron chi connectivity index (χ0n) is 10.6. The summed E-state index contributed by atoms with van der Waals surface area (Å²) in [7, 11) is 1.57. The molecule has 0 fully saturated rings. The largest absolute Gasteiger partial charge is 0.384 e. The molecule has 1 rings (SSSR count). The second-order valence-electron chi connectivity index (χ2n) is 3.71. The Hall–Kier alpha value is -2.70. The van der Waals surface area contributed by atoms with Crippen molar-refractivity contribution in [3.05, 3.63) is 45.6 Å². The third-order valence-electron chi connectivity index (χ3n) is 2.43. The lowest BCUT2D eigenvalue weighted by atomic mass is 10.1. The quantitative estimate of drug-likeness (QED) is 0.324. The van der Waals surface area contributed by atoms with Crippen molar-refractivity contribution in [2.75, 3.05) is 12.4 Å². The van der Waals surface area contributed by atoms with Crippen LogP contribution in [0.25, 0.3) is 0 Å². The number of aryl methyl sites for hydroxylation is 1. The van der Waals surface area contributed by atoms with Gasteiger partial charge in [0, 0.05) is 31.1 Å². The molecule has 19 heavy (non-hydrogen) atoms. The highest BCUT2D eigenvalue weighted by Gasteiger charge is 2.12. The van der Waals surface area contributed by atoms with E-state index < -0.39 is 10.8 Å². The zero-order chi connectivity index (χ0) is 14.4. The van der Waals surface area contributed by atoms with E-state index in [1.165, 1.54) is 24.3 Å². The number of hydrogen-bond acceptors (Lipinski definition) is 5. The molecule has 0 atom stereocenters. The van der Waals surface area contributed by atoms with Crippen LogP contribution >= 0.6 is 0 Å². The Balaban J connectivity index is 2.94. The molecule has 3 N–H and O–H groups in total. The maximum Gasteiger partial charge on any atom is 0.271 e. The van der Waals surface area contributed by atoms with Gasteiger partial charge < -0.3 is 16.0 Å². The highest BCUT2D eigenvalue weighted by molar-refractivity contribution is 6.05. The number of rotatable bonds is 5. The van der Waals surface area contributed by atoms with Crippen LogP contribution in [0.1, 0.15) is 5.56 Å². The molecule has 0 saturated heterocycles. The van der Waals surface area contributed by atoms with Crippen LogP contribution in [0.3, 0.4) is 0 Å². The molecule has 1 aromatic carbocycles. The Morgan fingerprint density at radius 2 is 2.16 bits per heavy atom. The predicted octanol–water partition coefficient (Wildman–Crippen LogP) is 1.59. The Morgan fingerprint density at radius 3 is 2.63 bits per heavy atom. The van der Waals surface area contributed by atoms with Gasteiger partial charge in [-0.15, -0.1) is 0 Å². The number of nitrogens with one attached hydrogen (secondary N) is 3. The fraction of sp³-hybridized carbons (Fsp3) is 0.167. The van der Waals surface area contributed by atoms with E-state index in [-0.39, 0.29) is 11.4 Å². The van der Waals surface area contributed by atoms with Gasteiger partial charge in [0.1, 0.15) is 5.70 Å². The number of benzene rings is 1. The topological polar surface area (TPSA) is 108 Å². The molecular weight excluding hydrogens is 248 g/mol.